The van der Waals surface area contributed by atoms with Gasteiger partial charge in [0, 0.05) is 11.4 Å². The number of nitrogens with one attached hydrogen (secondary N) is 1. The maximum absolute atomic E-state index is 12.8. The number of carbonyl (C=O) groups is 1. The van der Waals surface area contributed by atoms with Gasteiger partial charge in [0.2, 0.25) is 5.91 Å². The maximum atomic E-state index is 12.8. The molecule has 1 N–H and O–H groups in total. The first-order valence-corrected chi connectivity index (χ1v) is 8.60. The van der Waals surface area contributed by atoms with E-state index in [1.54, 1.807) is 23.9 Å². The number of hydrogen-bond acceptors (Lipinski definition) is 2. The number of rotatable bonds is 6. The van der Waals surface area contributed by atoms with E-state index in [0.29, 0.717) is 13.0 Å². The zero-order valence-electron chi connectivity index (χ0n) is 13.7. The molecule has 1 amide bonds. The van der Waals surface area contributed by atoms with Gasteiger partial charge in [0.25, 0.3) is 0 Å². The summed E-state index contributed by atoms with van der Waals surface area (Å²) in [6.45, 7) is 6.58. The van der Waals surface area contributed by atoms with E-state index in [0.717, 1.165) is 10.5 Å². The molecule has 0 spiro atoms. The maximum Gasteiger partial charge on any atom is 0.233 e. The lowest BCUT2D eigenvalue weighted by Crippen LogP contribution is -2.32. The van der Waals surface area contributed by atoms with Crippen molar-refractivity contribution in [2.45, 2.75) is 37.3 Å². The molecule has 0 unspecified atom stereocenters. The van der Waals surface area contributed by atoms with Crippen LogP contribution in [0.25, 0.3) is 0 Å². The summed E-state index contributed by atoms with van der Waals surface area (Å²) in [6.07, 6.45) is 0.701. The normalized spacial score (nSPS) is 12.0. The first-order valence-electron chi connectivity index (χ1n) is 7.72. The highest BCUT2D eigenvalue weighted by Gasteiger charge is 2.15. The smallest absolute Gasteiger partial charge is 0.233 e. The second-order valence-electron chi connectivity index (χ2n) is 5.70. The predicted molar refractivity (Wildman–Crippen MR) is 94.3 cm³/mol. The summed E-state index contributed by atoms with van der Waals surface area (Å²) >= 11 is 1.58. The molecule has 4 heteroatoms. The number of carbonyl (C=O) groups excluding carboxylic acids is 1. The summed E-state index contributed by atoms with van der Waals surface area (Å²) in [5.41, 5.74) is 3.40. The highest BCUT2D eigenvalue weighted by molar-refractivity contribution is 8.00. The number of hydrogen-bond donors (Lipinski definition) is 1. The molecule has 0 aliphatic rings. The molecule has 0 aliphatic heterocycles. The quantitative estimate of drug-likeness (QED) is 0.801. The molecular formula is C19H22FNOS. The molecule has 2 nitrogen and oxygen atoms in total. The van der Waals surface area contributed by atoms with Gasteiger partial charge in [-0.25, -0.2) is 4.39 Å². The molecule has 0 bridgehead atoms. The van der Waals surface area contributed by atoms with Gasteiger partial charge in [-0.1, -0.05) is 29.8 Å². The molecule has 2 aromatic rings. The topological polar surface area (TPSA) is 29.1 Å². The minimum Gasteiger partial charge on any atom is -0.355 e. The van der Waals surface area contributed by atoms with E-state index in [4.69, 9.17) is 0 Å². The highest BCUT2D eigenvalue weighted by atomic mass is 32.2. The van der Waals surface area contributed by atoms with E-state index in [-0.39, 0.29) is 17.0 Å². The Bertz CT molecular complexity index is 670. The molecule has 1 atom stereocenters. The molecule has 0 saturated carbocycles. The molecule has 2 aromatic carbocycles. The van der Waals surface area contributed by atoms with Crippen molar-refractivity contribution in [2.75, 3.05) is 6.54 Å². The van der Waals surface area contributed by atoms with E-state index >= 15 is 0 Å². The minimum absolute atomic E-state index is 0.0259. The minimum atomic E-state index is -0.240. The Labute approximate surface area is 141 Å². The van der Waals surface area contributed by atoms with Crippen molar-refractivity contribution in [3.8, 4) is 0 Å². The molecule has 0 heterocycles. The molecule has 0 radical (unpaired) electrons. The molecule has 122 valence electrons. The van der Waals surface area contributed by atoms with Crippen LogP contribution in [0.4, 0.5) is 4.39 Å². The van der Waals surface area contributed by atoms with Crippen molar-refractivity contribution in [3.63, 3.8) is 0 Å². The van der Waals surface area contributed by atoms with Crippen molar-refractivity contribution in [2.24, 2.45) is 0 Å². The lowest BCUT2D eigenvalue weighted by atomic mass is 10.1. The molecule has 23 heavy (non-hydrogen) atoms. The standard InChI is InChI=1S/C19H22FNOS/c1-13-4-5-14(2)18(12-13)23-15(3)19(22)21-11-10-16-6-8-17(20)9-7-16/h4-9,12,15H,10-11H2,1-3H3,(H,21,22)/t15-/m1/s1. The average molecular weight is 331 g/mol. The van der Waals surface area contributed by atoms with Crippen LogP contribution >= 0.6 is 11.8 Å². The summed E-state index contributed by atoms with van der Waals surface area (Å²) in [5.74, 6) is -0.214. The van der Waals surface area contributed by atoms with Gasteiger partial charge in [0.05, 0.1) is 5.25 Å². The Morgan fingerprint density at radius 3 is 2.57 bits per heavy atom. The summed E-state index contributed by atoms with van der Waals surface area (Å²) in [6, 6.07) is 12.6. The number of thioether (sulfide) groups is 1. The van der Waals surface area contributed by atoms with Crippen molar-refractivity contribution >= 4 is 17.7 Å². The van der Waals surface area contributed by atoms with Gasteiger partial charge in [0.15, 0.2) is 0 Å². The molecule has 0 fully saturated rings. The number of amides is 1. The third-order valence-corrected chi connectivity index (χ3v) is 4.90. The summed E-state index contributed by atoms with van der Waals surface area (Å²) in [4.78, 5) is 13.3. The zero-order valence-corrected chi connectivity index (χ0v) is 14.5. The van der Waals surface area contributed by atoms with Gasteiger partial charge < -0.3 is 5.32 Å². The Balaban J connectivity index is 1.83. The van der Waals surface area contributed by atoms with E-state index in [9.17, 15) is 9.18 Å². The Hall–Kier alpha value is -1.81. The number of halogens is 1. The van der Waals surface area contributed by atoms with Gasteiger partial charge in [-0.15, -0.1) is 11.8 Å². The third-order valence-electron chi connectivity index (χ3n) is 3.64. The number of benzene rings is 2. The molecule has 0 saturated heterocycles. The molecular weight excluding hydrogens is 309 g/mol. The molecule has 0 aromatic heterocycles. The number of aryl methyl sites for hydroxylation is 2. The van der Waals surface area contributed by atoms with E-state index in [2.05, 4.69) is 37.4 Å². The fourth-order valence-corrected chi connectivity index (χ4v) is 3.28. The van der Waals surface area contributed by atoms with Crippen molar-refractivity contribution in [1.29, 1.82) is 0 Å². The van der Waals surface area contributed by atoms with Crippen molar-refractivity contribution < 1.29 is 9.18 Å². The Morgan fingerprint density at radius 2 is 1.87 bits per heavy atom. The lowest BCUT2D eigenvalue weighted by molar-refractivity contribution is -0.120. The second kappa shape index (κ2) is 8.16. The van der Waals surface area contributed by atoms with Crippen LogP contribution in [0.15, 0.2) is 47.4 Å². The van der Waals surface area contributed by atoms with Crippen LogP contribution in [-0.2, 0) is 11.2 Å². The van der Waals surface area contributed by atoms with Crippen LogP contribution in [0, 0.1) is 19.7 Å². The van der Waals surface area contributed by atoms with Crippen LogP contribution in [0.5, 0.6) is 0 Å². The van der Waals surface area contributed by atoms with Gasteiger partial charge in [0.1, 0.15) is 5.82 Å². The Morgan fingerprint density at radius 1 is 1.17 bits per heavy atom. The van der Waals surface area contributed by atoms with Crippen LogP contribution < -0.4 is 5.32 Å². The predicted octanol–water partition coefficient (Wildman–Crippen LogP) is 4.28. The summed E-state index contributed by atoms with van der Waals surface area (Å²) in [5, 5.41) is 2.80. The average Bonchev–Trinajstić information content (AvgIpc) is 2.52. The van der Waals surface area contributed by atoms with Crippen LogP contribution in [0.1, 0.15) is 23.6 Å². The van der Waals surface area contributed by atoms with E-state index in [1.165, 1.54) is 23.3 Å². The van der Waals surface area contributed by atoms with Crippen LogP contribution in [0.3, 0.4) is 0 Å². The largest absolute Gasteiger partial charge is 0.355 e. The summed E-state index contributed by atoms with van der Waals surface area (Å²) < 4.78 is 12.8. The van der Waals surface area contributed by atoms with Crippen LogP contribution in [-0.4, -0.2) is 17.7 Å². The second-order valence-corrected chi connectivity index (χ2v) is 7.08. The highest BCUT2D eigenvalue weighted by Crippen LogP contribution is 2.27. The first kappa shape index (κ1) is 17.5. The van der Waals surface area contributed by atoms with Gasteiger partial charge in [-0.2, -0.15) is 0 Å². The van der Waals surface area contributed by atoms with Gasteiger partial charge in [-0.05, 0) is 56.5 Å². The SMILES string of the molecule is Cc1ccc(C)c(S[C@H](C)C(=O)NCCc2ccc(F)cc2)c1. The van der Waals surface area contributed by atoms with Gasteiger partial charge in [-0.3, -0.25) is 4.79 Å². The Kier molecular flexibility index (Phi) is 6.22. The van der Waals surface area contributed by atoms with Crippen molar-refractivity contribution in [1.82, 2.24) is 5.32 Å². The van der Waals surface area contributed by atoms with Gasteiger partial charge >= 0.3 is 0 Å². The first-order chi connectivity index (χ1) is 11.0. The monoisotopic (exact) mass is 331 g/mol. The van der Waals surface area contributed by atoms with Crippen molar-refractivity contribution in [3.05, 3.63) is 65.0 Å². The summed E-state index contributed by atoms with van der Waals surface area (Å²) in [7, 11) is 0. The molecule has 0 aliphatic carbocycles. The van der Waals surface area contributed by atoms with Crippen LogP contribution in [0.2, 0.25) is 0 Å². The lowest BCUT2D eigenvalue weighted by Gasteiger charge is -2.14. The fraction of sp³-hybridized carbons (Fsp3) is 0.316. The van der Waals surface area contributed by atoms with E-state index < -0.39 is 0 Å². The zero-order chi connectivity index (χ0) is 16.8. The molecule has 2 rings (SSSR count). The fourth-order valence-electron chi connectivity index (χ4n) is 2.20. The third kappa shape index (κ3) is 5.39. The van der Waals surface area contributed by atoms with E-state index in [1.807, 2.05) is 6.92 Å².